The third-order valence-electron chi connectivity index (χ3n) is 22.4. The van der Waals surface area contributed by atoms with Crippen LogP contribution in [0.1, 0.15) is 293 Å². The van der Waals surface area contributed by atoms with E-state index in [2.05, 4.69) is 0 Å². The predicted octanol–water partition coefficient (Wildman–Crippen LogP) is 14.3. The Morgan fingerprint density at radius 2 is 0.533 bits per heavy atom. The van der Waals surface area contributed by atoms with Crippen LogP contribution in [0.2, 0.25) is 0 Å². The number of ether oxygens (including phenoxy) is 12. The molecule has 8 N–H and O–H groups in total. The molecule has 16 atom stereocenters. The molecule has 4 aromatic carbocycles. The number of benzene rings is 4. The van der Waals surface area contributed by atoms with E-state index in [9.17, 15) is 30.1 Å². The maximum Gasteiger partial charge on any atom is 0.323 e. The Balaban J connectivity index is 0.000000243. The third-order valence-corrected chi connectivity index (χ3v) is 22.4. The first-order chi connectivity index (χ1) is 74.6. The number of hydrogen-bond acceptors (Lipinski definition) is 24. The standard InChI is InChI=1S/4C24H38N2O4/c4*1-14(2)9-17-13-26-8-7-16-10-21(28-5)22(29-6)11-18(16)19(26)12-20(17)30-24(27)23(25)15(3)4/h4*10-11,14-15,17,19-20,23H,7-9,12-13,25H2,1-6H3/t4*17?,19?,20?,23-/m0000/s1/i2*3D3,4D3,5D3,15D,19D,20D,23D;2*3D3,4D3,15D,19D,20D,23D. The zero-order valence-electron chi connectivity index (χ0n) is 117. The highest BCUT2D eigenvalue weighted by Crippen LogP contribution is 2.50. The van der Waals surface area contributed by atoms with Gasteiger partial charge in [0.1, 0.15) is 48.4 Å². The Kier molecular flexibility index (Phi) is 18.6. The maximum atomic E-state index is 13.5. The Labute approximate surface area is 783 Å². The molecule has 0 saturated carbocycles. The number of methoxy groups -OCH3 is 8. The average Bonchev–Trinajstić information content (AvgIpc) is 0.711. The molecule has 24 heteroatoms. The summed E-state index contributed by atoms with van der Waals surface area (Å²) in [5.41, 5.74) is 27.3. The molecule has 0 bridgehead atoms. The van der Waals surface area contributed by atoms with Crippen molar-refractivity contribution >= 4 is 23.9 Å². The number of piperidine rings is 4. The highest BCUT2D eigenvalue weighted by Gasteiger charge is 2.47. The van der Waals surface area contributed by atoms with Gasteiger partial charge in [0, 0.05) is 164 Å². The summed E-state index contributed by atoms with van der Waals surface area (Å²) in [5, 5.41) is 0. The number of esters is 4. The Morgan fingerprint density at radius 3 is 0.708 bits per heavy atom. The van der Waals surface area contributed by atoms with Gasteiger partial charge >= 0.3 is 23.9 Å². The number of carbonyl (C=O) groups excluding carboxylic acids is 4. The second-order valence-corrected chi connectivity index (χ2v) is 32.4. The van der Waals surface area contributed by atoms with Gasteiger partial charge in [0.05, 0.1) is 81.4 Å². The first-order valence-electron chi connectivity index (χ1n) is 63.1. The highest BCUT2D eigenvalue weighted by atomic mass is 16.6. The lowest BCUT2D eigenvalue weighted by molar-refractivity contribution is -0.161. The minimum absolute atomic E-state index is 0.0155. The van der Waals surface area contributed by atoms with Gasteiger partial charge < -0.3 is 79.8 Å². The topological polar surface area (TPSA) is 296 Å². The number of nitrogens with two attached hydrogens (primary N) is 4. The van der Waals surface area contributed by atoms with Crippen molar-refractivity contribution in [2.24, 2.45) is 93.9 Å². The van der Waals surface area contributed by atoms with E-state index in [0.29, 0.717) is 134 Å². The minimum atomic E-state index is -3.81. The summed E-state index contributed by atoms with van der Waals surface area (Å²) in [7, 11) is 2.92. The highest BCUT2D eigenvalue weighted by molar-refractivity contribution is 5.77. The molecular formula is C96H152N8O16. The van der Waals surface area contributed by atoms with Crippen molar-refractivity contribution in [2.75, 3.05) is 109 Å². The van der Waals surface area contributed by atoms with Gasteiger partial charge in [0.25, 0.3) is 0 Å². The normalized spacial score (nSPS) is 37.9. The maximum absolute atomic E-state index is 13.5. The molecule has 12 rings (SSSR count). The molecule has 0 radical (unpaired) electrons. The molecule has 4 aromatic rings. The predicted molar refractivity (Wildman–Crippen MR) is 471 cm³/mol. The zero-order valence-corrected chi connectivity index (χ0v) is 71.0. The monoisotopic (exact) mass is 1720 g/mol. The second kappa shape index (κ2) is 43.9. The Bertz CT molecular complexity index is 5710. The molecule has 8 aliphatic heterocycles. The summed E-state index contributed by atoms with van der Waals surface area (Å²) in [6.45, 7) is -12.4. The van der Waals surface area contributed by atoms with Crippen LogP contribution < -0.4 is 60.8 Å². The molecule has 8 aliphatic rings. The molecule has 0 aliphatic carbocycles. The van der Waals surface area contributed by atoms with Gasteiger partial charge in [-0.2, -0.15) is 0 Å². The lowest BCUT2D eigenvalue weighted by Gasteiger charge is -2.47. The van der Waals surface area contributed by atoms with Crippen LogP contribution in [0.5, 0.6) is 46.0 Å². The number of carbonyl (C=O) groups is 4. The summed E-state index contributed by atoms with van der Waals surface area (Å²) in [6.07, 6.45) is -7.52. The van der Waals surface area contributed by atoms with E-state index in [1.165, 1.54) is 66.9 Å². The van der Waals surface area contributed by atoms with Crippen LogP contribution in [0.4, 0.5) is 0 Å². The fourth-order valence-electron chi connectivity index (χ4n) is 16.7. The van der Waals surface area contributed by atoms with Gasteiger partial charge in [-0.15, -0.1) is 0 Å². The Morgan fingerprint density at radius 1 is 0.342 bits per heavy atom. The quantitative estimate of drug-likeness (QED) is 0.0303. The molecule has 672 valence electrons. The second-order valence-electron chi connectivity index (χ2n) is 32.4. The summed E-state index contributed by atoms with van der Waals surface area (Å²) < 4.78 is 436. The smallest absolute Gasteiger partial charge is 0.323 e. The van der Waals surface area contributed by atoms with Crippen molar-refractivity contribution in [2.45, 2.75) is 260 Å². The lowest BCUT2D eigenvalue weighted by Crippen LogP contribution is -2.51. The number of fused-ring (bicyclic) bond motifs is 12. The molecule has 4 saturated heterocycles. The van der Waals surface area contributed by atoms with Crippen LogP contribution in [0.15, 0.2) is 48.5 Å². The molecular weight excluding hydrogens is 1520 g/mol. The minimum Gasteiger partial charge on any atom is -0.493 e. The van der Waals surface area contributed by atoms with Crippen LogP contribution >= 0.6 is 0 Å². The van der Waals surface area contributed by atoms with E-state index >= 15 is 0 Å². The summed E-state index contributed by atoms with van der Waals surface area (Å²) >= 11 is 0. The van der Waals surface area contributed by atoms with Gasteiger partial charge in [-0.1, -0.05) is 110 Å². The molecule has 120 heavy (non-hydrogen) atoms. The van der Waals surface area contributed by atoms with Crippen LogP contribution in [-0.2, 0) is 63.8 Å². The van der Waals surface area contributed by atoms with Crippen molar-refractivity contribution in [1.29, 1.82) is 0 Å². The van der Waals surface area contributed by atoms with Gasteiger partial charge in [0.2, 0.25) is 0 Å². The van der Waals surface area contributed by atoms with Crippen LogP contribution in [0.25, 0.3) is 0 Å². The van der Waals surface area contributed by atoms with E-state index < -0.39 is 238 Å². The molecule has 24 nitrogen and oxygen atoms in total. The SMILES string of the molecule is [2H]C([2H])([2H])Oc1cc2c(cc1OC)C1([2H])CC([2H])(OC(=O)[C@@]([2H])(N)C([2H])(C([2H])([2H])[2H])C([2H])([2H])[2H])C(CC(C)C)CN1CC2.[2H]C([2H])([2H])Oc1cc2c(cc1OC)C1([2H])CC([2H])(OC(=O)[C@@]([2H])(N)C([2H])(C([2H])([2H])[2H])C([2H])([2H])[2H])C(CC(C)C)CN1CC2.[2H]C1(OC(=O)[C@@]([2H])(N)C([2H])(C([2H])([2H])[2H])C([2H])([2H])[2H])CC2([2H])c3cc(OC)c(OC)cc3CCN2CC1CC(C)C.[2H]C1(OC(=O)[C@@]([2H])(N)C([2H])(C([2H])([2H])[2H])C([2H])([2H])[2H])CC2([2H])c3cc(OC)c(OC)cc3CCN2CC1CC(C)C. The van der Waals surface area contributed by atoms with Crippen LogP contribution in [-0.4, -0.2) is 201 Å². The van der Waals surface area contributed by atoms with Crippen molar-refractivity contribution in [1.82, 2.24) is 19.6 Å². The largest absolute Gasteiger partial charge is 0.493 e. The van der Waals surface area contributed by atoms with Gasteiger partial charge in [-0.05, 0) is 192 Å². The summed E-state index contributed by atoms with van der Waals surface area (Å²) in [6, 6.07) is -8.60. The Hall–Kier alpha value is -7.16. The molecule has 0 amide bonds. The van der Waals surface area contributed by atoms with E-state index in [-0.39, 0.29) is 72.8 Å². The van der Waals surface area contributed by atoms with E-state index in [4.69, 9.17) is 132 Å². The molecule has 0 spiro atoms. The third kappa shape index (κ3) is 23.8. The van der Waals surface area contributed by atoms with Gasteiger partial charge in [-0.3, -0.25) is 38.8 Å². The summed E-state index contributed by atoms with van der Waals surface area (Å²) in [5.74, 6) is -23.9. The van der Waals surface area contributed by atoms with Gasteiger partial charge in [-0.25, -0.2) is 0 Å². The van der Waals surface area contributed by atoms with Crippen molar-refractivity contribution < 1.29 is 139 Å². The number of nitrogens with zero attached hydrogens (tertiary/aromatic N) is 4. The van der Waals surface area contributed by atoms with Crippen molar-refractivity contribution in [3.63, 3.8) is 0 Å². The first-order valence-corrected chi connectivity index (χ1v) is 40.1. The molecule has 12 unspecified atom stereocenters. The van der Waals surface area contributed by atoms with E-state index in [0.717, 1.165) is 11.1 Å². The fraction of sp³-hybridized carbons (Fsp3) is 0.708. The van der Waals surface area contributed by atoms with E-state index in [1.54, 1.807) is 34.1 Å². The number of rotatable bonds is 28. The van der Waals surface area contributed by atoms with Crippen molar-refractivity contribution in [3.8, 4) is 46.0 Å². The molecule has 4 fully saturated rings. The lowest BCUT2D eigenvalue weighted by atomic mass is 9.79. The summed E-state index contributed by atoms with van der Waals surface area (Å²) in [4.78, 5) is 61.1. The van der Waals surface area contributed by atoms with Gasteiger partial charge in [0.15, 0.2) is 46.0 Å². The van der Waals surface area contributed by atoms with Crippen molar-refractivity contribution in [3.05, 3.63) is 93.0 Å². The first kappa shape index (κ1) is 50.7. The molecule has 8 heterocycles. The van der Waals surface area contributed by atoms with E-state index in [1.807, 2.05) is 65.2 Å². The zero-order chi connectivity index (χ0) is 128. The van der Waals surface area contributed by atoms with Crippen LogP contribution in [0.3, 0.4) is 0 Å². The van der Waals surface area contributed by atoms with Crippen LogP contribution in [0, 0.1) is 70.9 Å². The fourth-order valence-corrected chi connectivity index (χ4v) is 16.7. The molecule has 0 aromatic heterocycles. The number of hydrogen-bond donors (Lipinski definition) is 4. The average molecular weight is 1720 g/mol.